The predicted molar refractivity (Wildman–Crippen MR) is 80.3 cm³/mol. The fourth-order valence-electron chi connectivity index (χ4n) is 1.75. The number of hydrogen-bond donors (Lipinski definition) is 2. The summed E-state index contributed by atoms with van der Waals surface area (Å²) in [7, 11) is 1.53. The Morgan fingerprint density at radius 1 is 1.29 bits per heavy atom. The minimum absolute atomic E-state index is 0.0273. The smallest absolute Gasteiger partial charge is 0.319 e. The van der Waals surface area contributed by atoms with Crippen LogP contribution >= 0.6 is 11.6 Å². The molecule has 2 aromatic carbocycles. The standard InChI is InChI=1S/C15H14ClFN2O2/c1-21-14-5-3-2-4-13(14)19-15(20)18-9-10-6-7-12(17)11(16)8-10/h2-8H,9H2,1H3,(H2,18,19,20). The number of carbonyl (C=O) groups is 1. The van der Waals surface area contributed by atoms with Crippen LogP contribution in [0.3, 0.4) is 0 Å². The first-order chi connectivity index (χ1) is 10.1. The first-order valence-corrected chi connectivity index (χ1v) is 6.59. The average molecular weight is 309 g/mol. The zero-order chi connectivity index (χ0) is 15.2. The summed E-state index contributed by atoms with van der Waals surface area (Å²) in [5.41, 5.74) is 1.27. The van der Waals surface area contributed by atoms with Crippen molar-refractivity contribution in [1.29, 1.82) is 0 Å². The zero-order valence-corrected chi connectivity index (χ0v) is 12.1. The molecule has 0 unspecified atom stereocenters. The van der Waals surface area contributed by atoms with Crippen molar-refractivity contribution in [2.45, 2.75) is 6.54 Å². The molecule has 6 heteroatoms. The van der Waals surface area contributed by atoms with Crippen LogP contribution in [0.4, 0.5) is 14.9 Å². The number of amides is 2. The van der Waals surface area contributed by atoms with Gasteiger partial charge in [0.05, 0.1) is 17.8 Å². The van der Waals surface area contributed by atoms with Gasteiger partial charge >= 0.3 is 6.03 Å². The van der Waals surface area contributed by atoms with E-state index in [0.717, 1.165) is 0 Å². The summed E-state index contributed by atoms with van der Waals surface area (Å²) in [6, 6.07) is 11.0. The van der Waals surface area contributed by atoms with E-state index >= 15 is 0 Å². The maximum atomic E-state index is 13.0. The lowest BCUT2D eigenvalue weighted by atomic mass is 10.2. The summed E-state index contributed by atoms with van der Waals surface area (Å²) in [5, 5.41) is 5.36. The van der Waals surface area contributed by atoms with Gasteiger partial charge in [0.15, 0.2) is 0 Å². The molecule has 2 aromatic rings. The van der Waals surface area contributed by atoms with Crippen molar-refractivity contribution in [3.05, 3.63) is 58.9 Å². The highest BCUT2D eigenvalue weighted by molar-refractivity contribution is 6.30. The summed E-state index contributed by atoms with van der Waals surface area (Å²) < 4.78 is 18.2. The van der Waals surface area contributed by atoms with Gasteiger partial charge in [0.25, 0.3) is 0 Å². The van der Waals surface area contributed by atoms with Gasteiger partial charge < -0.3 is 15.4 Å². The average Bonchev–Trinajstić information content (AvgIpc) is 2.49. The summed E-state index contributed by atoms with van der Waals surface area (Å²) in [6.07, 6.45) is 0. The molecule has 2 rings (SSSR count). The number of carbonyl (C=O) groups excluding carboxylic acids is 1. The fourth-order valence-corrected chi connectivity index (χ4v) is 1.95. The van der Waals surface area contributed by atoms with Crippen molar-refractivity contribution in [3.8, 4) is 5.75 Å². The number of urea groups is 1. The molecule has 2 amide bonds. The van der Waals surface area contributed by atoms with Gasteiger partial charge in [-0.25, -0.2) is 9.18 Å². The molecule has 0 radical (unpaired) electrons. The topological polar surface area (TPSA) is 50.4 Å². The van der Waals surface area contributed by atoms with E-state index in [-0.39, 0.29) is 17.6 Å². The van der Waals surface area contributed by atoms with Crippen molar-refractivity contribution >= 4 is 23.3 Å². The fraction of sp³-hybridized carbons (Fsp3) is 0.133. The predicted octanol–water partition coefficient (Wildman–Crippen LogP) is 3.81. The molecule has 0 aliphatic rings. The number of anilines is 1. The molecule has 110 valence electrons. The number of nitrogens with one attached hydrogen (secondary N) is 2. The molecule has 0 spiro atoms. The van der Waals surface area contributed by atoms with E-state index in [0.29, 0.717) is 17.0 Å². The molecule has 0 saturated carbocycles. The van der Waals surface area contributed by atoms with Gasteiger partial charge in [-0.1, -0.05) is 29.8 Å². The van der Waals surface area contributed by atoms with Gasteiger partial charge in [-0.2, -0.15) is 0 Å². The summed E-state index contributed by atoms with van der Waals surface area (Å²) in [5.74, 6) is 0.0800. The highest BCUT2D eigenvalue weighted by atomic mass is 35.5. The number of halogens is 2. The van der Waals surface area contributed by atoms with E-state index in [4.69, 9.17) is 16.3 Å². The second-order valence-electron chi connectivity index (χ2n) is 4.26. The molecule has 0 aliphatic carbocycles. The van der Waals surface area contributed by atoms with E-state index in [1.54, 1.807) is 24.3 Å². The Morgan fingerprint density at radius 3 is 2.76 bits per heavy atom. The SMILES string of the molecule is COc1ccccc1NC(=O)NCc1ccc(F)c(Cl)c1. The summed E-state index contributed by atoms with van der Waals surface area (Å²) in [6.45, 7) is 0.237. The summed E-state index contributed by atoms with van der Waals surface area (Å²) in [4.78, 5) is 11.8. The lowest BCUT2D eigenvalue weighted by Crippen LogP contribution is -2.28. The van der Waals surface area contributed by atoms with Crippen molar-refractivity contribution in [3.63, 3.8) is 0 Å². The maximum Gasteiger partial charge on any atom is 0.319 e. The Balaban J connectivity index is 1.94. The molecule has 2 N–H and O–H groups in total. The normalized spacial score (nSPS) is 10.0. The molecule has 0 aliphatic heterocycles. The van der Waals surface area contributed by atoms with Crippen LogP contribution in [-0.2, 0) is 6.54 Å². The maximum absolute atomic E-state index is 13.0. The van der Waals surface area contributed by atoms with Crippen LogP contribution in [0.2, 0.25) is 5.02 Å². The van der Waals surface area contributed by atoms with Crippen LogP contribution in [0, 0.1) is 5.82 Å². The Bertz CT molecular complexity index is 649. The van der Waals surface area contributed by atoms with Crippen LogP contribution in [0.15, 0.2) is 42.5 Å². The molecule has 0 saturated heterocycles. The van der Waals surface area contributed by atoms with Crippen molar-refractivity contribution in [2.24, 2.45) is 0 Å². The van der Waals surface area contributed by atoms with Gasteiger partial charge in [-0.05, 0) is 29.8 Å². The Morgan fingerprint density at radius 2 is 2.05 bits per heavy atom. The van der Waals surface area contributed by atoms with Gasteiger partial charge in [-0.15, -0.1) is 0 Å². The molecular formula is C15H14ClFN2O2. The molecule has 21 heavy (non-hydrogen) atoms. The van der Waals surface area contributed by atoms with Crippen LogP contribution in [0.25, 0.3) is 0 Å². The Hall–Kier alpha value is -2.27. The van der Waals surface area contributed by atoms with E-state index in [1.165, 1.54) is 19.2 Å². The second-order valence-corrected chi connectivity index (χ2v) is 4.66. The van der Waals surface area contributed by atoms with E-state index in [9.17, 15) is 9.18 Å². The quantitative estimate of drug-likeness (QED) is 0.902. The lowest BCUT2D eigenvalue weighted by Gasteiger charge is -2.11. The minimum Gasteiger partial charge on any atom is -0.495 e. The van der Waals surface area contributed by atoms with E-state index in [1.807, 2.05) is 6.07 Å². The monoisotopic (exact) mass is 308 g/mol. The Labute approximate surface area is 126 Å². The molecule has 0 fully saturated rings. The first-order valence-electron chi connectivity index (χ1n) is 6.22. The largest absolute Gasteiger partial charge is 0.495 e. The van der Waals surface area contributed by atoms with Crippen LogP contribution in [0.1, 0.15) is 5.56 Å². The number of para-hydroxylation sites is 2. The van der Waals surface area contributed by atoms with Crippen molar-refractivity contribution in [2.75, 3.05) is 12.4 Å². The van der Waals surface area contributed by atoms with E-state index < -0.39 is 5.82 Å². The molecule has 0 bridgehead atoms. The van der Waals surface area contributed by atoms with Crippen LogP contribution < -0.4 is 15.4 Å². The van der Waals surface area contributed by atoms with Gasteiger partial charge in [-0.3, -0.25) is 0 Å². The van der Waals surface area contributed by atoms with Gasteiger partial charge in [0.2, 0.25) is 0 Å². The van der Waals surface area contributed by atoms with Gasteiger partial charge in [0.1, 0.15) is 11.6 Å². The molecule has 0 heterocycles. The lowest BCUT2D eigenvalue weighted by molar-refractivity contribution is 0.251. The van der Waals surface area contributed by atoms with Crippen molar-refractivity contribution < 1.29 is 13.9 Å². The Kier molecular flexibility index (Phi) is 5.00. The zero-order valence-electron chi connectivity index (χ0n) is 11.3. The third-order valence-electron chi connectivity index (χ3n) is 2.79. The number of methoxy groups -OCH3 is 1. The third-order valence-corrected chi connectivity index (χ3v) is 3.08. The molecule has 0 aromatic heterocycles. The second kappa shape index (κ2) is 6.95. The number of rotatable bonds is 4. The van der Waals surface area contributed by atoms with Crippen molar-refractivity contribution in [1.82, 2.24) is 5.32 Å². The molecular weight excluding hydrogens is 295 g/mol. The highest BCUT2D eigenvalue weighted by Crippen LogP contribution is 2.22. The third kappa shape index (κ3) is 4.10. The minimum atomic E-state index is -0.487. The molecule has 0 atom stereocenters. The summed E-state index contributed by atoms with van der Waals surface area (Å²) >= 11 is 5.68. The number of benzene rings is 2. The highest BCUT2D eigenvalue weighted by Gasteiger charge is 2.07. The van der Waals surface area contributed by atoms with Crippen LogP contribution in [0.5, 0.6) is 5.75 Å². The van der Waals surface area contributed by atoms with Gasteiger partial charge in [0, 0.05) is 6.54 Å². The van der Waals surface area contributed by atoms with E-state index in [2.05, 4.69) is 10.6 Å². The number of ether oxygens (including phenoxy) is 1. The molecule has 4 nitrogen and oxygen atoms in total. The van der Waals surface area contributed by atoms with Crippen LogP contribution in [-0.4, -0.2) is 13.1 Å². The first kappa shape index (κ1) is 15.1. The number of hydrogen-bond acceptors (Lipinski definition) is 2.